The van der Waals surface area contributed by atoms with Gasteiger partial charge in [-0.1, -0.05) is 36.4 Å². The van der Waals surface area contributed by atoms with Gasteiger partial charge < -0.3 is 14.8 Å². The van der Waals surface area contributed by atoms with Gasteiger partial charge in [-0.05, 0) is 36.4 Å². The number of carbonyl (C=O) groups is 2. The van der Waals surface area contributed by atoms with Crippen molar-refractivity contribution in [3.8, 4) is 11.5 Å². The van der Waals surface area contributed by atoms with E-state index in [0.29, 0.717) is 28.3 Å². The van der Waals surface area contributed by atoms with E-state index in [2.05, 4.69) is 5.32 Å². The molecular weight excluding hydrogens is 450 g/mol. The summed E-state index contributed by atoms with van der Waals surface area (Å²) in [5, 5.41) is 2.87. The molecule has 4 rings (SSSR count). The topological polar surface area (TPSA) is 109 Å². The maximum atomic E-state index is 13.4. The summed E-state index contributed by atoms with van der Waals surface area (Å²) in [6.45, 7) is -0.877. The second kappa shape index (κ2) is 10.1. The Morgan fingerprint density at radius 1 is 0.771 bits per heavy atom. The summed E-state index contributed by atoms with van der Waals surface area (Å²) in [4.78, 5) is 52.4. The third-order valence-electron chi connectivity index (χ3n) is 5.52. The van der Waals surface area contributed by atoms with E-state index < -0.39 is 23.7 Å². The maximum absolute atomic E-state index is 13.4. The number of carbonyl (C=O) groups excluding carboxylic acids is 2. The van der Waals surface area contributed by atoms with E-state index in [9.17, 15) is 19.2 Å². The fourth-order valence-electron chi connectivity index (χ4n) is 3.85. The highest BCUT2D eigenvalue weighted by molar-refractivity contribution is 5.99. The molecular formula is C26H23N3O6. The van der Waals surface area contributed by atoms with Gasteiger partial charge in [-0.2, -0.15) is 0 Å². The smallest absolute Gasteiger partial charge is 0.332 e. The van der Waals surface area contributed by atoms with Crippen LogP contribution in [0.15, 0.2) is 82.4 Å². The van der Waals surface area contributed by atoms with Crippen molar-refractivity contribution in [3.63, 3.8) is 0 Å². The van der Waals surface area contributed by atoms with E-state index >= 15 is 0 Å². The van der Waals surface area contributed by atoms with Gasteiger partial charge in [0.1, 0.15) is 18.0 Å². The first kappa shape index (κ1) is 23.5. The zero-order valence-electron chi connectivity index (χ0n) is 19.2. The van der Waals surface area contributed by atoms with Crippen LogP contribution >= 0.6 is 0 Å². The maximum Gasteiger partial charge on any atom is 0.332 e. The van der Waals surface area contributed by atoms with Crippen LogP contribution in [0.25, 0.3) is 10.9 Å². The number of rotatable bonds is 8. The Morgan fingerprint density at radius 3 is 2.14 bits per heavy atom. The highest BCUT2D eigenvalue weighted by Crippen LogP contribution is 2.23. The van der Waals surface area contributed by atoms with Crippen molar-refractivity contribution >= 4 is 28.3 Å². The highest BCUT2D eigenvalue weighted by atomic mass is 16.5. The quantitative estimate of drug-likeness (QED) is 0.394. The third kappa shape index (κ3) is 4.70. The Hall–Kier alpha value is -4.66. The highest BCUT2D eigenvalue weighted by Gasteiger charge is 2.19. The molecule has 178 valence electrons. The van der Waals surface area contributed by atoms with E-state index in [1.165, 1.54) is 18.8 Å². The van der Waals surface area contributed by atoms with Crippen LogP contribution in [0.2, 0.25) is 0 Å². The molecule has 0 saturated heterocycles. The second-order valence-electron chi connectivity index (χ2n) is 7.65. The second-order valence-corrected chi connectivity index (χ2v) is 7.65. The fraction of sp³-hybridized carbons (Fsp3) is 0.154. The zero-order chi connectivity index (χ0) is 24.9. The molecule has 1 N–H and O–H groups in total. The average Bonchev–Trinajstić information content (AvgIpc) is 2.89. The molecule has 4 aromatic rings. The minimum Gasteiger partial charge on any atom is -0.496 e. The number of aromatic nitrogens is 2. The van der Waals surface area contributed by atoms with Crippen LogP contribution < -0.4 is 26.0 Å². The van der Waals surface area contributed by atoms with Gasteiger partial charge in [-0.25, -0.2) is 4.79 Å². The molecule has 3 aromatic carbocycles. The van der Waals surface area contributed by atoms with Gasteiger partial charge in [0.15, 0.2) is 5.78 Å². The molecule has 9 heteroatoms. The van der Waals surface area contributed by atoms with Crippen molar-refractivity contribution in [2.75, 3.05) is 19.5 Å². The Balaban J connectivity index is 1.74. The molecule has 9 nitrogen and oxygen atoms in total. The van der Waals surface area contributed by atoms with E-state index in [0.717, 1.165) is 4.57 Å². The number of amides is 1. The Bertz CT molecular complexity index is 1540. The van der Waals surface area contributed by atoms with Gasteiger partial charge in [0.05, 0.1) is 42.9 Å². The summed E-state index contributed by atoms with van der Waals surface area (Å²) in [7, 11) is 2.92. The number of methoxy groups -OCH3 is 2. The molecule has 0 aliphatic heterocycles. The minimum absolute atomic E-state index is 0.213. The summed E-state index contributed by atoms with van der Waals surface area (Å²) >= 11 is 0. The number of Topliss-reactive ketones (excluding diaryl/α,β-unsaturated/α-hetero) is 1. The molecule has 0 saturated carbocycles. The van der Waals surface area contributed by atoms with E-state index in [1.54, 1.807) is 72.8 Å². The first-order chi connectivity index (χ1) is 16.9. The average molecular weight is 473 g/mol. The summed E-state index contributed by atoms with van der Waals surface area (Å²) in [6, 6.07) is 19.9. The van der Waals surface area contributed by atoms with Gasteiger partial charge >= 0.3 is 5.69 Å². The lowest BCUT2D eigenvalue weighted by atomic mass is 10.1. The number of nitrogens with zero attached hydrogens (tertiary/aromatic N) is 2. The molecule has 35 heavy (non-hydrogen) atoms. The van der Waals surface area contributed by atoms with Crippen molar-refractivity contribution in [3.05, 3.63) is 99.2 Å². The predicted molar refractivity (Wildman–Crippen MR) is 131 cm³/mol. The number of hydrogen-bond donors (Lipinski definition) is 1. The first-order valence-electron chi connectivity index (χ1n) is 10.8. The van der Waals surface area contributed by atoms with Gasteiger partial charge in [0.25, 0.3) is 5.56 Å². The molecule has 1 amide bonds. The van der Waals surface area contributed by atoms with Crippen molar-refractivity contribution in [1.29, 1.82) is 0 Å². The number of hydrogen-bond acceptors (Lipinski definition) is 6. The lowest BCUT2D eigenvalue weighted by Gasteiger charge is -2.15. The summed E-state index contributed by atoms with van der Waals surface area (Å²) in [5.74, 6) is -0.157. The summed E-state index contributed by atoms with van der Waals surface area (Å²) in [5.41, 5.74) is -0.390. The molecule has 0 radical (unpaired) electrons. The number of ketones is 1. The third-order valence-corrected chi connectivity index (χ3v) is 5.52. The van der Waals surface area contributed by atoms with Crippen molar-refractivity contribution in [2.45, 2.75) is 13.1 Å². The van der Waals surface area contributed by atoms with Crippen LogP contribution in [0, 0.1) is 0 Å². The van der Waals surface area contributed by atoms with Crippen LogP contribution in [0.3, 0.4) is 0 Å². The molecule has 0 unspecified atom stereocenters. The molecule has 0 atom stereocenters. The van der Waals surface area contributed by atoms with Crippen LogP contribution in [0.5, 0.6) is 11.5 Å². The number of anilines is 1. The number of nitrogens with one attached hydrogen (secondary N) is 1. The fourth-order valence-corrected chi connectivity index (χ4v) is 3.85. The van der Waals surface area contributed by atoms with Gasteiger partial charge in [-0.3, -0.25) is 23.5 Å². The van der Waals surface area contributed by atoms with Crippen LogP contribution in [-0.2, 0) is 17.9 Å². The first-order valence-corrected chi connectivity index (χ1v) is 10.8. The monoisotopic (exact) mass is 473 g/mol. The van der Waals surface area contributed by atoms with Crippen LogP contribution in [-0.4, -0.2) is 35.0 Å². The number of benzene rings is 3. The predicted octanol–water partition coefficient (Wildman–Crippen LogP) is 2.70. The standard InChI is InChI=1S/C26H23N3O6/c1-34-22-13-7-4-10-18(22)21(30)15-28-20-12-6-3-9-17(20)25(32)29(26(28)33)16-24(31)27-19-11-5-8-14-23(19)35-2/h3-14H,15-16H2,1-2H3,(H,27,31). The van der Waals surface area contributed by atoms with Crippen molar-refractivity contribution in [1.82, 2.24) is 9.13 Å². The minimum atomic E-state index is -0.771. The Kier molecular flexibility index (Phi) is 6.77. The van der Waals surface area contributed by atoms with Crippen molar-refractivity contribution < 1.29 is 19.1 Å². The molecule has 0 fully saturated rings. The molecule has 0 aliphatic carbocycles. The van der Waals surface area contributed by atoms with Crippen LogP contribution in [0.1, 0.15) is 10.4 Å². The van der Waals surface area contributed by atoms with Gasteiger partial charge in [0.2, 0.25) is 5.91 Å². The molecule has 0 aliphatic rings. The van der Waals surface area contributed by atoms with Crippen LogP contribution in [0.4, 0.5) is 5.69 Å². The van der Waals surface area contributed by atoms with Gasteiger partial charge in [-0.15, -0.1) is 0 Å². The van der Waals surface area contributed by atoms with E-state index in [-0.39, 0.29) is 17.7 Å². The normalized spacial score (nSPS) is 10.7. The molecule has 1 aromatic heterocycles. The number of para-hydroxylation sites is 4. The van der Waals surface area contributed by atoms with E-state index in [1.807, 2.05) is 0 Å². The zero-order valence-corrected chi connectivity index (χ0v) is 19.2. The molecule has 0 spiro atoms. The summed E-state index contributed by atoms with van der Waals surface area (Å²) in [6.07, 6.45) is 0. The number of fused-ring (bicyclic) bond motifs is 1. The Labute approximate surface area is 200 Å². The van der Waals surface area contributed by atoms with Crippen molar-refractivity contribution in [2.24, 2.45) is 0 Å². The SMILES string of the molecule is COc1ccccc1NC(=O)Cn1c(=O)c2ccccc2n(CC(=O)c2ccccc2OC)c1=O. The molecule has 1 heterocycles. The molecule has 0 bridgehead atoms. The Morgan fingerprint density at radius 2 is 1.40 bits per heavy atom. The van der Waals surface area contributed by atoms with E-state index in [4.69, 9.17) is 9.47 Å². The number of ether oxygens (including phenoxy) is 2. The van der Waals surface area contributed by atoms with Gasteiger partial charge in [0, 0.05) is 0 Å². The summed E-state index contributed by atoms with van der Waals surface area (Å²) < 4.78 is 12.5. The lowest BCUT2D eigenvalue weighted by Crippen LogP contribution is -2.43. The largest absolute Gasteiger partial charge is 0.496 e. The lowest BCUT2D eigenvalue weighted by molar-refractivity contribution is -0.116.